The Bertz CT molecular complexity index is 885. The number of amides is 1. The fourth-order valence-electron chi connectivity index (χ4n) is 2.71. The van der Waals surface area contributed by atoms with Gasteiger partial charge in [0, 0.05) is 11.9 Å². The first kappa shape index (κ1) is 16.8. The van der Waals surface area contributed by atoms with E-state index in [1.165, 1.54) is 0 Å². The van der Waals surface area contributed by atoms with Crippen molar-refractivity contribution in [2.75, 3.05) is 19.0 Å². The van der Waals surface area contributed by atoms with Crippen molar-refractivity contribution in [2.45, 2.75) is 20.3 Å². The van der Waals surface area contributed by atoms with E-state index < -0.39 is 0 Å². The van der Waals surface area contributed by atoms with Crippen molar-refractivity contribution >= 4 is 17.2 Å². The van der Waals surface area contributed by atoms with Crippen molar-refractivity contribution in [1.82, 2.24) is 9.38 Å². The van der Waals surface area contributed by atoms with Gasteiger partial charge >= 0.3 is 0 Å². The minimum absolute atomic E-state index is 0.205. The molecule has 0 fully saturated rings. The van der Waals surface area contributed by atoms with Crippen LogP contribution in [0.1, 0.15) is 30.0 Å². The van der Waals surface area contributed by atoms with Crippen LogP contribution in [-0.2, 0) is 6.42 Å². The molecule has 6 heteroatoms. The number of anilines is 1. The number of hydrogen-bond acceptors (Lipinski definition) is 4. The van der Waals surface area contributed by atoms with Crippen LogP contribution in [0.15, 0.2) is 42.6 Å². The molecule has 6 nitrogen and oxygen atoms in total. The summed E-state index contributed by atoms with van der Waals surface area (Å²) in [5, 5.41) is 2.92. The van der Waals surface area contributed by atoms with Gasteiger partial charge in [0.2, 0.25) is 0 Å². The lowest BCUT2D eigenvalue weighted by molar-refractivity contribution is 0.102. The van der Waals surface area contributed by atoms with Crippen LogP contribution >= 0.6 is 0 Å². The molecule has 0 aliphatic heterocycles. The number of methoxy groups -OCH3 is 1. The summed E-state index contributed by atoms with van der Waals surface area (Å²) in [6.07, 6.45) is 2.48. The molecule has 3 rings (SSSR count). The van der Waals surface area contributed by atoms with Crippen LogP contribution in [0.25, 0.3) is 5.65 Å². The Hall–Kier alpha value is -3.02. The number of carbonyl (C=O) groups excluding carboxylic acids is 1. The Labute approximate surface area is 146 Å². The predicted octanol–water partition coefficient (Wildman–Crippen LogP) is 3.56. The average Bonchev–Trinajstić information content (AvgIpc) is 3.02. The van der Waals surface area contributed by atoms with Crippen molar-refractivity contribution < 1.29 is 14.3 Å². The fraction of sp³-hybridized carbons (Fsp3) is 0.263. The van der Waals surface area contributed by atoms with Gasteiger partial charge in [-0.25, -0.2) is 4.98 Å². The van der Waals surface area contributed by atoms with Crippen LogP contribution in [0.5, 0.6) is 11.5 Å². The van der Waals surface area contributed by atoms with Crippen molar-refractivity contribution in [3.8, 4) is 11.5 Å². The molecular weight excluding hydrogens is 318 g/mol. The number of benzene rings is 1. The molecule has 0 unspecified atom stereocenters. The lowest BCUT2D eigenvalue weighted by Gasteiger charge is -2.08. The lowest BCUT2D eigenvalue weighted by atomic mass is 10.2. The van der Waals surface area contributed by atoms with E-state index in [1.807, 2.05) is 32.2 Å². The zero-order valence-corrected chi connectivity index (χ0v) is 14.6. The summed E-state index contributed by atoms with van der Waals surface area (Å²) in [5.41, 5.74) is 2.61. The van der Waals surface area contributed by atoms with E-state index in [9.17, 15) is 4.79 Å². The number of carbonyl (C=O) groups is 1. The summed E-state index contributed by atoms with van der Waals surface area (Å²) < 4.78 is 12.5. The number of pyridine rings is 1. The zero-order chi connectivity index (χ0) is 17.8. The van der Waals surface area contributed by atoms with Crippen molar-refractivity contribution in [3.05, 3.63) is 54.0 Å². The number of aromatic nitrogens is 2. The number of hydrogen-bond donors (Lipinski definition) is 1. The first-order valence-electron chi connectivity index (χ1n) is 8.26. The molecule has 0 saturated heterocycles. The smallest absolute Gasteiger partial charge is 0.274 e. The third kappa shape index (κ3) is 3.28. The van der Waals surface area contributed by atoms with Crippen molar-refractivity contribution in [1.29, 1.82) is 0 Å². The highest BCUT2D eigenvalue weighted by atomic mass is 16.5. The Balaban J connectivity index is 1.98. The maximum atomic E-state index is 12.8. The molecule has 2 heterocycles. The van der Waals surface area contributed by atoms with Gasteiger partial charge in [-0.2, -0.15) is 0 Å². The van der Waals surface area contributed by atoms with Gasteiger partial charge in [-0.3, -0.25) is 9.20 Å². The molecule has 0 bridgehead atoms. The SMILES string of the molecule is CCOc1cccn2c(C(=O)Nc3ccc(OC)cc3)c(CC)nc12. The largest absolute Gasteiger partial charge is 0.497 e. The molecule has 1 N–H and O–H groups in total. The summed E-state index contributed by atoms with van der Waals surface area (Å²) in [5.74, 6) is 1.20. The van der Waals surface area contributed by atoms with E-state index in [1.54, 1.807) is 35.8 Å². The van der Waals surface area contributed by atoms with E-state index in [0.717, 1.165) is 11.4 Å². The first-order valence-corrected chi connectivity index (χ1v) is 8.26. The summed E-state index contributed by atoms with van der Waals surface area (Å²) in [6.45, 7) is 4.44. The van der Waals surface area contributed by atoms with Crippen molar-refractivity contribution in [3.63, 3.8) is 0 Å². The number of aryl methyl sites for hydroxylation is 1. The van der Waals surface area contributed by atoms with Gasteiger partial charge in [0.05, 0.1) is 19.4 Å². The third-order valence-electron chi connectivity index (χ3n) is 3.88. The average molecular weight is 339 g/mol. The molecule has 0 atom stereocenters. The summed E-state index contributed by atoms with van der Waals surface area (Å²) >= 11 is 0. The van der Waals surface area contributed by atoms with Crippen LogP contribution in [-0.4, -0.2) is 29.0 Å². The van der Waals surface area contributed by atoms with Gasteiger partial charge in [0.1, 0.15) is 11.4 Å². The number of ether oxygens (including phenoxy) is 2. The van der Waals surface area contributed by atoms with Gasteiger partial charge in [-0.15, -0.1) is 0 Å². The minimum atomic E-state index is -0.205. The summed E-state index contributed by atoms with van der Waals surface area (Å²) in [7, 11) is 1.61. The molecular formula is C19H21N3O3. The number of nitrogens with one attached hydrogen (secondary N) is 1. The minimum Gasteiger partial charge on any atom is -0.497 e. The van der Waals surface area contributed by atoms with Crippen molar-refractivity contribution in [2.24, 2.45) is 0 Å². The lowest BCUT2D eigenvalue weighted by Crippen LogP contribution is -2.16. The number of nitrogens with zero attached hydrogens (tertiary/aromatic N) is 2. The highest BCUT2D eigenvalue weighted by Crippen LogP contribution is 2.24. The zero-order valence-electron chi connectivity index (χ0n) is 14.6. The molecule has 1 amide bonds. The molecule has 2 aromatic heterocycles. The van der Waals surface area contributed by atoms with Crippen LogP contribution in [0.4, 0.5) is 5.69 Å². The van der Waals surface area contributed by atoms with E-state index in [2.05, 4.69) is 10.3 Å². The number of imidazole rings is 1. The second kappa shape index (κ2) is 7.25. The van der Waals surface area contributed by atoms with Gasteiger partial charge in [0.15, 0.2) is 11.4 Å². The van der Waals surface area contributed by atoms with Crippen LogP contribution < -0.4 is 14.8 Å². The monoisotopic (exact) mass is 339 g/mol. The number of fused-ring (bicyclic) bond motifs is 1. The second-order valence-electron chi connectivity index (χ2n) is 5.44. The molecule has 0 radical (unpaired) electrons. The molecule has 1 aromatic carbocycles. The van der Waals surface area contributed by atoms with E-state index in [0.29, 0.717) is 35.8 Å². The summed E-state index contributed by atoms with van der Waals surface area (Å²) in [4.78, 5) is 17.4. The topological polar surface area (TPSA) is 64.9 Å². The standard InChI is InChI=1S/C19H21N3O3/c1-4-15-17(19(23)20-13-8-10-14(24-3)11-9-13)22-12-6-7-16(25-5-2)18(22)21-15/h6-12H,4-5H2,1-3H3,(H,20,23). The van der Waals surface area contributed by atoms with Gasteiger partial charge < -0.3 is 14.8 Å². The first-order chi connectivity index (χ1) is 12.2. The van der Waals surface area contributed by atoms with Crippen LogP contribution in [0, 0.1) is 0 Å². The van der Waals surface area contributed by atoms with Gasteiger partial charge in [-0.05, 0) is 49.7 Å². The van der Waals surface area contributed by atoms with Gasteiger partial charge in [-0.1, -0.05) is 6.92 Å². The fourth-order valence-corrected chi connectivity index (χ4v) is 2.71. The van der Waals surface area contributed by atoms with E-state index in [4.69, 9.17) is 9.47 Å². The summed E-state index contributed by atoms with van der Waals surface area (Å²) in [6, 6.07) is 10.9. The second-order valence-corrected chi connectivity index (χ2v) is 5.44. The van der Waals surface area contributed by atoms with E-state index in [-0.39, 0.29) is 5.91 Å². The van der Waals surface area contributed by atoms with Crippen LogP contribution in [0.3, 0.4) is 0 Å². The highest BCUT2D eigenvalue weighted by Gasteiger charge is 2.20. The Morgan fingerprint density at radius 3 is 2.60 bits per heavy atom. The van der Waals surface area contributed by atoms with E-state index >= 15 is 0 Å². The molecule has 0 aliphatic rings. The molecule has 0 saturated carbocycles. The Morgan fingerprint density at radius 2 is 1.96 bits per heavy atom. The molecule has 0 aliphatic carbocycles. The Morgan fingerprint density at radius 1 is 1.20 bits per heavy atom. The maximum absolute atomic E-state index is 12.8. The molecule has 0 spiro atoms. The third-order valence-corrected chi connectivity index (χ3v) is 3.88. The molecule has 3 aromatic rings. The highest BCUT2D eigenvalue weighted by molar-refractivity contribution is 6.04. The predicted molar refractivity (Wildman–Crippen MR) is 96.7 cm³/mol. The molecule has 25 heavy (non-hydrogen) atoms. The molecule has 130 valence electrons. The normalized spacial score (nSPS) is 10.7. The maximum Gasteiger partial charge on any atom is 0.274 e. The quantitative estimate of drug-likeness (QED) is 0.746. The van der Waals surface area contributed by atoms with Crippen LogP contribution in [0.2, 0.25) is 0 Å². The number of rotatable bonds is 6. The Kier molecular flexibility index (Phi) is 4.88. The van der Waals surface area contributed by atoms with Gasteiger partial charge in [0.25, 0.3) is 5.91 Å².